The van der Waals surface area contributed by atoms with Crippen LogP contribution in [-0.2, 0) is 13.8 Å². The SMILES string of the molecule is CCC(C)(C[C@H]1O[C@@H](n2cnc3c(NC)nc(N)nc32)[C@H](O)[C@@H]1O)OP(=O)(O)C(O)(CC)CC. The minimum atomic E-state index is -4.45. The van der Waals surface area contributed by atoms with E-state index in [1.165, 1.54) is 10.9 Å². The third-order valence-corrected chi connectivity index (χ3v) is 9.04. The molecule has 1 fully saturated rings. The summed E-state index contributed by atoms with van der Waals surface area (Å²) in [6.45, 7) is 6.58. The summed E-state index contributed by atoms with van der Waals surface area (Å²) >= 11 is 0. The van der Waals surface area contributed by atoms with E-state index in [0.29, 0.717) is 17.0 Å². The number of ether oxygens (including phenoxy) is 1. The van der Waals surface area contributed by atoms with Crippen molar-refractivity contribution in [2.75, 3.05) is 18.1 Å². The van der Waals surface area contributed by atoms with Crippen LogP contribution in [0, 0.1) is 0 Å². The van der Waals surface area contributed by atoms with Gasteiger partial charge in [0, 0.05) is 13.5 Å². The van der Waals surface area contributed by atoms with Crippen molar-refractivity contribution in [1.29, 1.82) is 0 Å². The minimum Gasteiger partial charge on any atom is -0.388 e. The molecule has 192 valence electrons. The molecule has 1 aliphatic heterocycles. The second-order valence-corrected chi connectivity index (χ2v) is 10.9. The van der Waals surface area contributed by atoms with Gasteiger partial charge in [-0.15, -0.1) is 0 Å². The number of nitrogens with one attached hydrogen (secondary N) is 1. The summed E-state index contributed by atoms with van der Waals surface area (Å²) in [6.07, 6.45) is -2.91. The number of hydrogen-bond acceptors (Lipinski definition) is 11. The Hall–Kier alpha value is -1.86. The molecule has 0 amide bonds. The number of nitrogens with two attached hydrogens (primary N) is 1. The maximum atomic E-state index is 13.0. The van der Waals surface area contributed by atoms with Gasteiger partial charge in [-0.1, -0.05) is 20.8 Å². The van der Waals surface area contributed by atoms with Crippen molar-refractivity contribution < 1.29 is 34.0 Å². The quantitative estimate of drug-likeness (QED) is 0.255. The van der Waals surface area contributed by atoms with Crippen LogP contribution in [0.3, 0.4) is 0 Å². The Balaban J connectivity index is 1.87. The highest BCUT2D eigenvalue weighted by atomic mass is 31.2. The third-order valence-electron chi connectivity index (χ3n) is 6.67. The van der Waals surface area contributed by atoms with Crippen molar-refractivity contribution in [2.45, 2.75) is 88.9 Å². The molecule has 0 radical (unpaired) electrons. The zero-order valence-electron chi connectivity index (χ0n) is 20.0. The fourth-order valence-corrected chi connectivity index (χ4v) is 5.90. The predicted octanol–water partition coefficient (Wildman–Crippen LogP) is 1.34. The molecule has 3 heterocycles. The Labute approximate surface area is 197 Å². The normalized spacial score (nSPS) is 27.0. The van der Waals surface area contributed by atoms with Crippen LogP contribution < -0.4 is 11.1 Å². The van der Waals surface area contributed by atoms with Crippen molar-refractivity contribution in [3.63, 3.8) is 0 Å². The Morgan fingerprint density at radius 2 is 1.88 bits per heavy atom. The van der Waals surface area contributed by atoms with E-state index in [0.717, 1.165) is 0 Å². The summed E-state index contributed by atoms with van der Waals surface area (Å²) in [6, 6.07) is 0. The summed E-state index contributed by atoms with van der Waals surface area (Å²) in [5.74, 6) is 0.393. The van der Waals surface area contributed by atoms with Gasteiger partial charge in [0.15, 0.2) is 28.6 Å². The number of anilines is 2. The molecular formula is C20H35N6O7P. The van der Waals surface area contributed by atoms with Crippen LogP contribution in [0.1, 0.15) is 59.6 Å². The van der Waals surface area contributed by atoms with Gasteiger partial charge in [0.2, 0.25) is 5.95 Å². The Morgan fingerprint density at radius 1 is 1.24 bits per heavy atom. The smallest absolute Gasteiger partial charge is 0.359 e. The molecule has 0 bridgehead atoms. The third kappa shape index (κ3) is 4.66. The first-order valence-electron chi connectivity index (χ1n) is 11.3. The topological polar surface area (TPSA) is 198 Å². The molecular weight excluding hydrogens is 467 g/mol. The second kappa shape index (κ2) is 9.65. The number of imidazole rings is 1. The Bertz CT molecular complexity index is 1060. The van der Waals surface area contributed by atoms with Crippen molar-refractivity contribution >= 4 is 30.5 Å². The van der Waals surface area contributed by atoms with Crippen LogP contribution in [0.4, 0.5) is 11.8 Å². The van der Waals surface area contributed by atoms with Gasteiger partial charge < -0.3 is 40.5 Å². The van der Waals surface area contributed by atoms with Gasteiger partial charge in [0.25, 0.3) is 0 Å². The minimum absolute atomic E-state index is 0.00632. The van der Waals surface area contributed by atoms with Gasteiger partial charge >= 0.3 is 7.60 Å². The summed E-state index contributed by atoms with van der Waals surface area (Å²) in [4.78, 5) is 23.1. The molecule has 0 saturated carbocycles. The van der Waals surface area contributed by atoms with E-state index in [2.05, 4.69) is 20.3 Å². The molecule has 34 heavy (non-hydrogen) atoms. The summed E-state index contributed by atoms with van der Waals surface area (Å²) in [5.41, 5.74) is 5.27. The van der Waals surface area contributed by atoms with E-state index in [1.807, 2.05) is 0 Å². The zero-order valence-corrected chi connectivity index (χ0v) is 20.9. The summed E-state index contributed by atoms with van der Waals surface area (Å²) in [5, 5.41) is 33.1. The fraction of sp³-hybridized carbons (Fsp3) is 0.750. The van der Waals surface area contributed by atoms with Crippen LogP contribution in [0.2, 0.25) is 0 Å². The second-order valence-electron chi connectivity index (χ2n) is 8.86. The van der Waals surface area contributed by atoms with E-state index in [-0.39, 0.29) is 31.6 Å². The molecule has 1 aliphatic rings. The van der Waals surface area contributed by atoms with Gasteiger partial charge in [-0.05, 0) is 26.2 Å². The lowest BCUT2D eigenvalue weighted by molar-refractivity contribution is -0.0696. The first-order valence-corrected chi connectivity index (χ1v) is 12.9. The zero-order chi connectivity index (χ0) is 25.5. The van der Waals surface area contributed by atoms with Crippen LogP contribution in [0.15, 0.2) is 6.33 Å². The Kier molecular flexibility index (Phi) is 7.59. The van der Waals surface area contributed by atoms with Gasteiger partial charge in [-0.25, -0.2) is 4.98 Å². The summed E-state index contributed by atoms with van der Waals surface area (Å²) < 4.78 is 26.0. The molecule has 7 N–H and O–H groups in total. The van der Waals surface area contributed by atoms with Crippen molar-refractivity contribution in [3.05, 3.63) is 6.33 Å². The largest absolute Gasteiger partial charge is 0.388 e. The first kappa shape index (κ1) is 26.7. The lowest BCUT2D eigenvalue weighted by atomic mass is 9.93. The molecule has 0 aromatic carbocycles. The molecule has 2 aromatic heterocycles. The lowest BCUT2D eigenvalue weighted by Crippen LogP contribution is -2.40. The molecule has 6 atom stereocenters. The first-order chi connectivity index (χ1) is 15.8. The number of hydrogen-bond donors (Lipinski definition) is 6. The van der Waals surface area contributed by atoms with Crippen LogP contribution >= 0.6 is 7.60 Å². The van der Waals surface area contributed by atoms with E-state index in [4.69, 9.17) is 15.0 Å². The van der Waals surface area contributed by atoms with E-state index in [1.54, 1.807) is 34.7 Å². The van der Waals surface area contributed by atoms with Gasteiger partial charge in [0.05, 0.1) is 18.0 Å². The van der Waals surface area contributed by atoms with Crippen LogP contribution in [0.25, 0.3) is 11.2 Å². The average molecular weight is 503 g/mol. The van der Waals surface area contributed by atoms with Crippen molar-refractivity contribution in [3.8, 4) is 0 Å². The summed E-state index contributed by atoms with van der Waals surface area (Å²) in [7, 11) is -2.79. The predicted molar refractivity (Wildman–Crippen MR) is 125 cm³/mol. The van der Waals surface area contributed by atoms with E-state index in [9.17, 15) is 24.8 Å². The van der Waals surface area contributed by atoms with E-state index < -0.39 is 43.1 Å². The average Bonchev–Trinajstić information content (AvgIpc) is 3.33. The van der Waals surface area contributed by atoms with Gasteiger partial charge in [-0.2, -0.15) is 9.97 Å². The molecule has 2 aromatic rings. The molecule has 13 nitrogen and oxygen atoms in total. The van der Waals surface area contributed by atoms with Gasteiger partial charge in [-0.3, -0.25) is 9.13 Å². The standard InChI is InChI=1S/C20H35N6O7P/c1-6-19(4,33-34(30,31)20(29,7-2)8-3)9-11-13(27)14(28)17(32-11)26-10-23-12-15(22-5)24-18(21)25-16(12)26/h10-11,13-14,17,27-29H,6-9H2,1-5H3,(H,30,31)(H3,21,22,24,25)/t11-,13-,14-,17-,19?/m1/s1. The highest BCUT2D eigenvalue weighted by molar-refractivity contribution is 7.54. The number of fused-ring (bicyclic) bond motifs is 1. The van der Waals surface area contributed by atoms with E-state index >= 15 is 0 Å². The molecule has 1 saturated heterocycles. The number of nitrogens with zero attached hydrogens (tertiary/aromatic N) is 4. The number of aliphatic hydroxyl groups is 3. The highest BCUT2D eigenvalue weighted by Crippen LogP contribution is 2.60. The van der Waals surface area contributed by atoms with Crippen molar-refractivity contribution in [1.82, 2.24) is 19.5 Å². The number of nitrogen functional groups attached to an aromatic ring is 1. The highest BCUT2D eigenvalue weighted by Gasteiger charge is 2.51. The molecule has 2 unspecified atom stereocenters. The maximum absolute atomic E-state index is 13.0. The maximum Gasteiger partial charge on any atom is 0.359 e. The number of aliphatic hydroxyl groups excluding tert-OH is 2. The lowest BCUT2D eigenvalue weighted by Gasteiger charge is -2.38. The van der Waals surface area contributed by atoms with Crippen molar-refractivity contribution in [2.24, 2.45) is 0 Å². The molecule has 0 spiro atoms. The number of rotatable bonds is 10. The molecule has 14 heteroatoms. The fourth-order valence-electron chi connectivity index (χ4n) is 4.13. The van der Waals surface area contributed by atoms with Gasteiger partial charge in [0.1, 0.15) is 12.2 Å². The van der Waals surface area contributed by atoms with Crippen LogP contribution in [0.5, 0.6) is 0 Å². The molecule has 0 aliphatic carbocycles. The molecule has 3 rings (SSSR count). The number of aromatic nitrogens is 4. The van der Waals surface area contributed by atoms with Crippen LogP contribution in [-0.4, -0.2) is 76.0 Å². The Morgan fingerprint density at radius 3 is 2.44 bits per heavy atom. The monoisotopic (exact) mass is 502 g/mol.